The van der Waals surface area contributed by atoms with E-state index in [9.17, 15) is 19.4 Å². The summed E-state index contributed by atoms with van der Waals surface area (Å²) in [6.45, 7) is 13.6. The molecule has 0 radical (unpaired) electrons. The lowest BCUT2D eigenvalue weighted by Gasteiger charge is -2.32. The second-order valence-electron chi connectivity index (χ2n) is 9.43. The molecule has 8 nitrogen and oxygen atoms in total. The molecular formula is C26H40NO7P. The van der Waals surface area contributed by atoms with Crippen LogP contribution in [-0.2, 0) is 20.0 Å². The van der Waals surface area contributed by atoms with Gasteiger partial charge in [-0.2, -0.15) is 0 Å². The Morgan fingerprint density at radius 1 is 1.34 bits per heavy atom. The molecule has 9 heteroatoms. The predicted molar refractivity (Wildman–Crippen MR) is 137 cm³/mol. The van der Waals surface area contributed by atoms with Gasteiger partial charge in [0.1, 0.15) is 11.5 Å². The highest BCUT2D eigenvalue weighted by atomic mass is 31.2. The molecule has 0 fully saturated rings. The molecule has 1 aromatic rings. The number of amides is 1. The smallest absolute Gasteiger partial charge is 0.472 e. The first kappa shape index (κ1) is 29.1. The number of hydrogen-bond acceptors (Lipinski definition) is 6. The van der Waals surface area contributed by atoms with Gasteiger partial charge in [-0.1, -0.05) is 37.1 Å². The molecule has 0 aliphatic heterocycles. The molecule has 3 N–H and O–H groups in total. The van der Waals surface area contributed by atoms with Gasteiger partial charge >= 0.3 is 13.9 Å². The number of carbonyl (C=O) groups is 1. The average molecular weight is 510 g/mol. The summed E-state index contributed by atoms with van der Waals surface area (Å²) in [6.07, 6.45) is 4.81. The van der Waals surface area contributed by atoms with Crippen LogP contribution in [-0.4, -0.2) is 35.3 Å². The van der Waals surface area contributed by atoms with Gasteiger partial charge in [-0.15, -0.1) is 0 Å². The summed E-state index contributed by atoms with van der Waals surface area (Å²) in [5.41, 5.74) is 3.72. The number of ether oxygens (including phenoxy) is 1. The zero-order valence-corrected chi connectivity index (χ0v) is 22.4. The fourth-order valence-corrected chi connectivity index (χ4v) is 5.25. The standard InChI is InChI=1S/C26H40NO7P/c1-7-9-20-15-23(28)25(22-14-19(6)10-11-21(22)17(2)3)24(16-20)33-26(29)27-12-8-13-32-35(30,31)34-18(4)5/h14-16,18,21-22,28H,2,7-13H2,1,3-6H3,(H,27,29)(H,30,31)/t21-,22+/m0/s1. The van der Waals surface area contributed by atoms with Crippen molar-refractivity contribution in [2.75, 3.05) is 13.2 Å². The monoisotopic (exact) mass is 509 g/mol. The number of allylic oxidation sites excluding steroid dienone is 3. The molecule has 0 saturated heterocycles. The summed E-state index contributed by atoms with van der Waals surface area (Å²) in [6, 6.07) is 3.57. The Kier molecular flexibility index (Phi) is 11.0. The number of carbonyl (C=O) groups excluding carboxylic acids is 1. The normalized spacial score (nSPS) is 19.7. The van der Waals surface area contributed by atoms with Crippen LogP contribution >= 0.6 is 7.82 Å². The second kappa shape index (κ2) is 13.3. The SMILES string of the molecule is C=C(C)[C@@H]1CCC(C)=C[C@H]1c1c(O)cc(CCC)cc1OC(=O)NCCCOP(=O)(O)OC(C)C. The van der Waals surface area contributed by atoms with E-state index in [0.717, 1.165) is 36.8 Å². The number of rotatable bonds is 12. The van der Waals surface area contributed by atoms with Gasteiger partial charge in [0.15, 0.2) is 0 Å². The van der Waals surface area contributed by atoms with Crippen LogP contribution in [0.5, 0.6) is 11.5 Å². The van der Waals surface area contributed by atoms with Gasteiger partial charge in [-0.05, 0) is 77.0 Å². The molecule has 1 aliphatic rings. The van der Waals surface area contributed by atoms with Crippen LogP contribution in [0.2, 0.25) is 0 Å². The third-order valence-corrected chi connectivity index (χ3v) is 7.02. The van der Waals surface area contributed by atoms with E-state index in [1.165, 1.54) is 5.57 Å². The molecule has 35 heavy (non-hydrogen) atoms. The average Bonchev–Trinajstić information content (AvgIpc) is 2.72. The summed E-state index contributed by atoms with van der Waals surface area (Å²) in [7, 11) is -4.11. The Labute approximate surface area is 209 Å². The van der Waals surface area contributed by atoms with Crippen LogP contribution < -0.4 is 10.1 Å². The Balaban J connectivity index is 2.14. The van der Waals surface area contributed by atoms with Crippen molar-refractivity contribution in [3.05, 3.63) is 47.1 Å². The number of benzene rings is 1. The van der Waals surface area contributed by atoms with E-state index in [-0.39, 0.29) is 37.2 Å². The van der Waals surface area contributed by atoms with E-state index in [1.807, 2.05) is 19.9 Å². The maximum Gasteiger partial charge on any atom is 0.472 e. The van der Waals surface area contributed by atoms with Crippen molar-refractivity contribution in [3.63, 3.8) is 0 Å². The van der Waals surface area contributed by atoms with E-state index in [0.29, 0.717) is 11.3 Å². The van der Waals surface area contributed by atoms with Gasteiger partial charge in [0.05, 0.1) is 12.7 Å². The molecule has 0 spiro atoms. The van der Waals surface area contributed by atoms with Gasteiger partial charge in [0.25, 0.3) is 0 Å². The minimum Gasteiger partial charge on any atom is -0.507 e. The van der Waals surface area contributed by atoms with Crippen molar-refractivity contribution >= 4 is 13.9 Å². The molecule has 1 amide bonds. The number of phenols is 1. The third kappa shape index (κ3) is 9.12. The molecule has 2 rings (SSSR count). The number of aryl methyl sites for hydroxylation is 1. The van der Waals surface area contributed by atoms with E-state index in [2.05, 4.69) is 24.9 Å². The third-order valence-electron chi connectivity index (χ3n) is 5.82. The van der Waals surface area contributed by atoms with Crippen LogP contribution in [0.4, 0.5) is 4.79 Å². The Bertz CT molecular complexity index is 973. The number of phosphoric ester groups is 1. The number of hydrogen-bond donors (Lipinski definition) is 3. The number of aromatic hydroxyl groups is 1. The maximum absolute atomic E-state index is 12.6. The molecule has 0 heterocycles. The van der Waals surface area contributed by atoms with Crippen LogP contribution in [0.25, 0.3) is 0 Å². The fourth-order valence-electron chi connectivity index (χ4n) is 4.30. The van der Waals surface area contributed by atoms with Gasteiger partial charge in [-0.25, -0.2) is 9.36 Å². The van der Waals surface area contributed by atoms with E-state index < -0.39 is 20.0 Å². The number of phosphoric acid groups is 1. The first-order valence-corrected chi connectivity index (χ1v) is 13.7. The lowest BCUT2D eigenvalue weighted by molar-refractivity contribution is 0.120. The van der Waals surface area contributed by atoms with Gasteiger partial charge < -0.3 is 20.1 Å². The fraction of sp³-hybridized carbons (Fsp3) is 0.577. The zero-order valence-electron chi connectivity index (χ0n) is 21.5. The highest BCUT2D eigenvalue weighted by molar-refractivity contribution is 7.47. The summed E-state index contributed by atoms with van der Waals surface area (Å²) in [5.74, 6) is 0.423. The molecule has 1 aliphatic carbocycles. The van der Waals surface area contributed by atoms with Crippen LogP contribution in [0, 0.1) is 5.92 Å². The van der Waals surface area contributed by atoms with Crippen molar-refractivity contribution in [2.24, 2.45) is 5.92 Å². The maximum atomic E-state index is 12.6. The second-order valence-corrected chi connectivity index (χ2v) is 10.8. The number of nitrogens with one attached hydrogen (secondary N) is 1. The molecule has 1 aromatic carbocycles. The Hall–Kier alpha value is -2.12. The molecule has 1 unspecified atom stereocenters. The first-order valence-electron chi connectivity index (χ1n) is 12.2. The molecule has 0 saturated carbocycles. The summed E-state index contributed by atoms with van der Waals surface area (Å²) in [5, 5.41) is 13.6. The molecule has 0 bridgehead atoms. The highest BCUT2D eigenvalue weighted by Gasteiger charge is 2.31. The summed E-state index contributed by atoms with van der Waals surface area (Å²) >= 11 is 0. The van der Waals surface area contributed by atoms with E-state index in [1.54, 1.807) is 19.9 Å². The van der Waals surface area contributed by atoms with Crippen molar-refractivity contribution < 1.29 is 33.1 Å². The van der Waals surface area contributed by atoms with Gasteiger partial charge in [-0.3, -0.25) is 9.05 Å². The van der Waals surface area contributed by atoms with E-state index >= 15 is 0 Å². The van der Waals surface area contributed by atoms with Crippen molar-refractivity contribution in [2.45, 2.75) is 78.7 Å². The summed E-state index contributed by atoms with van der Waals surface area (Å²) in [4.78, 5) is 22.2. The Morgan fingerprint density at radius 3 is 2.69 bits per heavy atom. The summed E-state index contributed by atoms with van der Waals surface area (Å²) < 4.78 is 27.1. The molecule has 0 aromatic heterocycles. The molecule has 196 valence electrons. The predicted octanol–water partition coefficient (Wildman–Crippen LogP) is 6.38. The van der Waals surface area contributed by atoms with Crippen molar-refractivity contribution in [3.8, 4) is 11.5 Å². The van der Waals surface area contributed by atoms with Crippen LogP contribution in [0.3, 0.4) is 0 Å². The minimum absolute atomic E-state index is 0.0642. The minimum atomic E-state index is -4.11. The molecular weight excluding hydrogens is 469 g/mol. The van der Waals surface area contributed by atoms with Crippen LogP contribution in [0.1, 0.15) is 77.3 Å². The lowest BCUT2D eigenvalue weighted by Crippen LogP contribution is -2.29. The topological polar surface area (TPSA) is 114 Å². The Morgan fingerprint density at radius 2 is 2.06 bits per heavy atom. The first-order chi connectivity index (χ1) is 16.4. The van der Waals surface area contributed by atoms with Gasteiger partial charge in [0, 0.05) is 18.0 Å². The van der Waals surface area contributed by atoms with E-state index in [4.69, 9.17) is 13.8 Å². The van der Waals surface area contributed by atoms with Crippen molar-refractivity contribution in [1.29, 1.82) is 0 Å². The highest BCUT2D eigenvalue weighted by Crippen LogP contribution is 2.47. The van der Waals surface area contributed by atoms with Crippen LogP contribution in [0.15, 0.2) is 35.9 Å². The number of phenolic OH excluding ortho intramolecular Hbond substituents is 1. The largest absolute Gasteiger partial charge is 0.507 e. The van der Waals surface area contributed by atoms with Crippen molar-refractivity contribution in [1.82, 2.24) is 5.32 Å². The molecule has 3 atom stereocenters. The quantitative estimate of drug-likeness (QED) is 0.170. The van der Waals surface area contributed by atoms with Gasteiger partial charge in [0.2, 0.25) is 0 Å². The zero-order chi connectivity index (χ0) is 26.2. The lowest BCUT2D eigenvalue weighted by atomic mass is 9.73.